The number of aliphatic hydroxyl groups excluding tert-OH is 1. The number of carbonyl (C=O) groups excluding carboxylic acids is 1. The highest BCUT2D eigenvalue weighted by atomic mass is 31.2. The molecule has 0 heterocycles. The first kappa shape index (κ1) is 60.5. The topological polar surface area (TPSA) is 116 Å². The van der Waals surface area contributed by atoms with Crippen LogP contribution in [0.3, 0.4) is 0 Å². The van der Waals surface area contributed by atoms with Crippen molar-refractivity contribution in [3.05, 3.63) is 0 Å². The van der Waals surface area contributed by atoms with Crippen LogP contribution >= 0.6 is 7.82 Å². The molecule has 61 heavy (non-hydrogen) atoms. The van der Waals surface area contributed by atoms with Gasteiger partial charge >= 0.3 is 7.82 Å². The summed E-state index contributed by atoms with van der Waals surface area (Å²) in [6.45, 7) is 4.16. The van der Waals surface area contributed by atoms with Crippen molar-refractivity contribution in [3.8, 4) is 0 Å². The lowest BCUT2D eigenvalue weighted by Gasteiger charge is -2.24. The predicted octanol–water partition coefficient (Wildman–Crippen LogP) is 17.3. The van der Waals surface area contributed by atoms with Crippen LogP contribution in [0.4, 0.5) is 0 Å². The molecule has 1 amide bonds. The highest BCUT2D eigenvalue weighted by Gasteiger charge is 2.25. The Kier molecular flexibility index (Phi) is 48.6. The normalized spacial score (nSPS) is 12.9. The lowest BCUT2D eigenvalue weighted by Crippen LogP contribution is -2.46. The van der Waals surface area contributed by atoms with Crippen molar-refractivity contribution in [2.24, 2.45) is 0 Å². The van der Waals surface area contributed by atoms with E-state index < -0.39 is 26.6 Å². The van der Waals surface area contributed by atoms with Crippen LogP contribution in [0.15, 0.2) is 0 Å². The van der Waals surface area contributed by atoms with Crippen molar-refractivity contribution >= 4 is 13.7 Å². The lowest BCUT2D eigenvalue weighted by molar-refractivity contribution is -0.123. The molecule has 0 saturated carbocycles. The average molecular weight is 886 g/mol. The smallest absolute Gasteiger partial charge is 0.391 e. The van der Waals surface area contributed by atoms with Gasteiger partial charge in [-0.05, 0) is 12.8 Å². The highest BCUT2D eigenvalue weighted by molar-refractivity contribution is 7.46. The number of nitrogens with one attached hydrogen (secondary N) is 1. The molecule has 0 aliphatic rings. The molecule has 2 atom stereocenters. The van der Waals surface area contributed by atoms with Crippen LogP contribution in [-0.2, 0) is 13.9 Å². The van der Waals surface area contributed by atoms with Gasteiger partial charge in [0.2, 0.25) is 5.91 Å². The molecule has 0 aromatic carbocycles. The van der Waals surface area contributed by atoms with Gasteiger partial charge in [0.25, 0.3) is 0 Å². The van der Waals surface area contributed by atoms with E-state index in [2.05, 4.69) is 19.2 Å². The maximum atomic E-state index is 12.7. The van der Waals surface area contributed by atoms with Crippen molar-refractivity contribution in [1.82, 2.24) is 5.32 Å². The van der Waals surface area contributed by atoms with E-state index in [4.69, 9.17) is 4.52 Å². The number of phosphoric acid groups is 1. The van der Waals surface area contributed by atoms with E-state index in [-0.39, 0.29) is 5.91 Å². The van der Waals surface area contributed by atoms with E-state index in [9.17, 15) is 24.3 Å². The number of hydrogen-bond donors (Lipinski definition) is 4. The Morgan fingerprint density at radius 3 is 0.885 bits per heavy atom. The van der Waals surface area contributed by atoms with Crippen molar-refractivity contribution < 1.29 is 28.8 Å². The molecule has 4 N–H and O–H groups in total. The minimum absolute atomic E-state index is 0.185. The fourth-order valence-corrected chi connectivity index (χ4v) is 9.29. The largest absolute Gasteiger partial charge is 0.469 e. The first-order valence-corrected chi connectivity index (χ1v) is 29.0. The second kappa shape index (κ2) is 49.0. The number of hydrogen-bond acceptors (Lipinski definition) is 4. The van der Waals surface area contributed by atoms with E-state index in [1.54, 1.807) is 0 Å². The van der Waals surface area contributed by atoms with Crippen LogP contribution in [0, 0.1) is 0 Å². The molecule has 0 spiro atoms. The number of amides is 1. The Balaban J connectivity index is 3.63. The van der Waals surface area contributed by atoms with E-state index in [0.717, 1.165) is 38.5 Å². The van der Waals surface area contributed by atoms with Crippen LogP contribution in [0.5, 0.6) is 0 Å². The van der Waals surface area contributed by atoms with Crippen molar-refractivity contribution in [3.63, 3.8) is 0 Å². The number of phosphoric ester groups is 1. The monoisotopic (exact) mass is 886 g/mol. The number of aliphatic hydroxyl groups is 1. The molecule has 7 nitrogen and oxygen atoms in total. The second-order valence-electron chi connectivity index (χ2n) is 19.3. The van der Waals surface area contributed by atoms with Crippen LogP contribution in [0.25, 0.3) is 0 Å². The summed E-state index contributed by atoms with van der Waals surface area (Å²) in [5.41, 5.74) is 0. The summed E-state index contributed by atoms with van der Waals surface area (Å²) >= 11 is 0. The fraction of sp³-hybridized carbons (Fsp3) is 0.981. The van der Waals surface area contributed by atoms with Gasteiger partial charge in [-0.2, -0.15) is 0 Å². The second-order valence-corrected chi connectivity index (χ2v) is 20.5. The SMILES string of the molecule is CCCCCCCCCCCCCCCCCCCCCCCCCCCCCCCCCC(=O)N[C@@H](COP(=O)(O)O)[C@H](O)CCCCCCCCCCCCCCCC. The first-order valence-electron chi connectivity index (χ1n) is 27.5. The third kappa shape index (κ3) is 50.4. The zero-order valence-electron chi connectivity index (χ0n) is 41.1. The number of unbranched alkanes of at least 4 members (excludes halogenated alkanes) is 43. The fourth-order valence-electron chi connectivity index (χ4n) is 8.94. The third-order valence-corrected chi connectivity index (χ3v) is 13.6. The standard InChI is InChI=1S/C53H108NO6P/c1-3-5-7-9-11-13-15-17-19-20-21-22-23-24-25-26-27-28-29-30-31-32-33-34-35-37-39-41-43-45-47-49-53(56)54-51(50-60-61(57,58)59)52(55)48-46-44-42-40-38-36-18-16-14-12-10-8-6-4-2/h51-52,55H,3-50H2,1-2H3,(H,54,56)(H2,57,58,59)/t51-,52+/m0/s1. The molecule has 8 heteroatoms. The van der Waals surface area contributed by atoms with Crippen LogP contribution < -0.4 is 5.32 Å². The predicted molar refractivity (Wildman–Crippen MR) is 264 cm³/mol. The van der Waals surface area contributed by atoms with Gasteiger partial charge in [-0.3, -0.25) is 9.32 Å². The van der Waals surface area contributed by atoms with Gasteiger partial charge in [0, 0.05) is 6.42 Å². The molecule has 0 saturated heterocycles. The van der Waals surface area contributed by atoms with Gasteiger partial charge in [0.1, 0.15) is 0 Å². The molecule has 366 valence electrons. The van der Waals surface area contributed by atoms with Gasteiger partial charge in [-0.15, -0.1) is 0 Å². The summed E-state index contributed by atoms with van der Waals surface area (Å²) in [6, 6.07) is -0.819. The summed E-state index contributed by atoms with van der Waals surface area (Å²) in [5, 5.41) is 13.6. The quantitative estimate of drug-likeness (QED) is 0.0357. The Bertz CT molecular complexity index is 915. The average Bonchev–Trinajstić information content (AvgIpc) is 3.24. The minimum Gasteiger partial charge on any atom is -0.391 e. The molecule has 0 aromatic heterocycles. The highest BCUT2D eigenvalue weighted by Crippen LogP contribution is 2.36. The maximum absolute atomic E-state index is 12.7. The van der Waals surface area contributed by atoms with Crippen molar-refractivity contribution in [2.45, 2.75) is 328 Å². The lowest BCUT2D eigenvalue weighted by atomic mass is 10.0. The summed E-state index contributed by atoms with van der Waals surface area (Å²) in [5.74, 6) is -0.185. The van der Waals surface area contributed by atoms with Crippen LogP contribution in [0.2, 0.25) is 0 Å². The van der Waals surface area contributed by atoms with Crippen LogP contribution in [-0.4, -0.2) is 39.6 Å². The van der Waals surface area contributed by atoms with Gasteiger partial charge in [-0.1, -0.05) is 296 Å². The van der Waals surface area contributed by atoms with Gasteiger partial charge in [-0.25, -0.2) is 4.57 Å². The first-order chi connectivity index (χ1) is 29.8. The molecule has 0 rings (SSSR count). The summed E-state index contributed by atoms with van der Waals surface area (Å²) in [6.07, 6.45) is 59.9. The summed E-state index contributed by atoms with van der Waals surface area (Å²) in [7, 11) is -4.69. The maximum Gasteiger partial charge on any atom is 0.469 e. The molecule has 0 aliphatic heterocycles. The van der Waals surface area contributed by atoms with E-state index in [1.807, 2.05) is 0 Å². The zero-order valence-corrected chi connectivity index (χ0v) is 42.0. The Morgan fingerprint density at radius 2 is 0.639 bits per heavy atom. The summed E-state index contributed by atoms with van der Waals surface area (Å²) < 4.78 is 16.0. The molecular formula is C53H108NO6P. The van der Waals surface area contributed by atoms with Gasteiger partial charge in [0.05, 0.1) is 18.8 Å². The van der Waals surface area contributed by atoms with Gasteiger partial charge < -0.3 is 20.2 Å². The summed E-state index contributed by atoms with van der Waals surface area (Å²) in [4.78, 5) is 31.1. The molecular weight excluding hydrogens is 778 g/mol. The van der Waals surface area contributed by atoms with Crippen molar-refractivity contribution in [1.29, 1.82) is 0 Å². The molecule has 0 fully saturated rings. The minimum atomic E-state index is -4.69. The Morgan fingerprint density at radius 1 is 0.410 bits per heavy atom. The zero-order chi connectivity index (χ0) is 44.6. The van der Waals surface area contributed by atoms with E-state index >= 15 is 0 Å². The molecule has 0 bridgehead atoms. The Hall–Kier alpha value is -0.460. The number of rotatable bonds is 52. The van der Waals surface area contributed by atoms with E-state index in [0.29, 0.717) is 12.8 Å². The number of carbonyl (C=O) groups is 1. The molecule has 0 unspecified atom stereocenters. The molecule has 0 aliphatic carbocycles. The van der Waals surface area contributed by atoms with Crippen LogP contribution in [0.1, 0.15) is 316 Å². The molecule has 0 radical (unpaired) electrons. The van der Waals surface area contributed by atoms with Gasteiger partial charge in [0.15, 0.2) is 0 Å². The molecule has 0 aromatic rings. The third-order valence-electron chi connectivity index (χ3n) is 13.1. The van der Waals surface area contributed by atoms with Crippen molar-refractivity contribution in [2.75, 3.05) is 6.61 Å². The van der Waals surface area contributed by atoms with E-state index in [1.165, 1.54) is 250 Å². The Labute approximate surface area is 380 Å².